The molecule has 2 aromatic heterocycles. The lowest BCUT2D eigenvalue weighted by molar-refractivity contribution is 1.18. The van der Waals surface area contributed by atoms with Gasteiger partial charge in [0.15, 0.2) is 0 Å². The molecule has 2 nitrogen and oxygen atoms in total. The van der Waals surface area contributed by atoms with E-state index in [2.05, 4.69) is 225 Å². The summed E-state index contributed by atoms with van der Waals surface area (Å²) in [4.78, 5) is 0. The van der Waals surface area contributed by atoms with Gasteiger partial charge in [-0.3, -0.25) is 0 Å². The third kappa shape index (κ3) is 5.15. The van der Waals surface area contributed by atoms with Crippen LogP contribution in [0.3, 0.4) is 0 Å². The molecule has 0 N–H and O–H groups in total. The van der Waals surface area contributed by atoms with Gasteiger partial charge in [0.1, 0.15) is 0 Å². The van der Waals surface area contributed by atoms with Crippen molar-refractivity contribution in [2.24, 2.45) is 0 Å². The molecule has 11 aromatic rings. The Labute approximate surface area is 327 Å². The highest BCUT2D eigenvalue weighted by molar-refractivity contribution is 9.10. The van der Waals surface area contributed by atoms with Gasteiger partial charge in [-0.2, -0.15) is 0 Å². The second-order valence-corrected chi connectivity index (χ2v) is 15.1. The molecule has 0 saturated carbocycles. The maximum absolute atomic E-state index is 3.88. The van der Waals surface area contributed by atoms with E-state index in [-0.39, 0.29) is 0 Å². The molecule has 0 amide bonds. The van der Waals surface area contributed by atoms with Gasteiger partial charge in [0.05, 0.1) is 22.1 Å². The van der Waals surface area contributed by atoms with Gasteiger partial charge in [-0.15, -0.1) is 0 Å². The second-order valence-electron chi connectivity index (χ2n) is 14.3. The Morgan fingerprint density at radius 1 is 0.309 bits per heavy atom. The van der Waals surface area contributed by atoms with Crippen molar-refractivity contribution < 1.29 is 0 Å². The molecule has 0 radical (unpaired) electrons. The van der Waals surface area contributed by atoms with Crippen LogP contribution in [0.1, 0.15) is 0 Å². The molecular weight excluding hydrogens is 732 g/mol. The fraction of sp³-hybridized carbons (Fsp3) is 0. The Hall–Kier alpha value is -6.68. The molecule has 0 aliphatic rings. The number of halogens is 1. The van der Waals surface area contributed by atoms with Crippen LogP contribution in [0, 0.1) is 0 Å². The van der Waals surface area contributed by atoms with Crippen molar-refractivity contribution in [2.45, 2.75) is 0 Å². The van der Waals surface area contributed by atoms with Gasteiger partial charge in [-0.25, -0.2) is 0 Å². The van der Waals surface area contributed by atoms with Crippen molar-refractivity contribution in [1.29, 1.82) is 0 Å². The minimum Gasteiger partial charge on any atom is -0.309 e. The molecule has 0 aliphatic carbocycles. The largest absolute Gasteiger partial charge is 0.309 e. The average molecular weight is 766 g/mol. The fourth-order valence-electron chi connectivity index (χ4n) is 8.64. The van der Waals surface area contributed by atoms with Crippen LogP contribution < -0.4 is 0 Å². The molecule has 0 saturated heterocycles. The first kappa shape index (κ1) is 31.8. The van der Waals surface area contributed by atoms with Gasteiger partial charge >= 0.3 is 0 Å². The van der Waals surface area contributed by atoms with Crippen LogP contribution in [0.15, 0.2) is 205 Å². The summed E-state index contributed by atoms with van der Waals surface area (Å²) < 4.78 is 5.88. The molecule has 0 aliphatic heterocycles. The van der Waals surface area contributed by atoms with Crippen LogP contribution >= 0.6 is 15.9 Å². The fourth-order valence-corrected chi connectivity index (χ4v) is 9.16. The molecule has 9 aromatic carbocycles. The Morgan fingerprint density at radius 3 is 1.62 bits per heavy atom. The van der Waals surface area contributed by atoms with E-state index >= 15 is 0 Å². The minimum absolute atomic E-state index is 1.07. The third-order valence-corrected chi connectivity index (χ3v) is 11.8. The summed E-state index contributed by atoms with van der Waals surface area (Å²) >= 11 is 3.88. The zero-order valence-electron chi connectivity index (χ0n) is 29.8. The lowest BCUT2D eigenvalue weighted by atomic mass is 9.92. The Balaban J connectivity index is 1.17. The highest BCUT2D eigenvalue weighted by atomic mass is 79.9. The molecule has 2 heterocycles. The molecule has 11 rings (SSSR count). The lowest BCUT2D eigenvalue weighted by Gasteiger charge is -2.14. The number of hydrogen-bond acceptors (Lipinski definition) is 0. The van der Waals surface area contributed by atoms with Gasteiger partial charge < -0.3 is 9.13 Å². The number of benzene rings is 9. The first-order chi connectivity index (χ1) is 27.2. The maximum atomic E-state index is 3.88. The highest BCUT2D eigenvalue weighted by Gasteiger charge is 2.18. The zero-order chi connectivity index (χ0) is 36.5. The first-order valence-corrected chi connectivity index (χ1v) is 19.5. The Morgan fingerprint density at radius 2 is 0.855 bits per heavy atom. The summed E-state index contributed by atoms with van der Waals surface area (Å²) in [7, 11) is 0. The van der Waals surface area contributed by atoms with E-state index in [9.17, 15) is 0 Å². The average Bonchev–Trinajstić information content (AvgIpc) is 3.77. The molecule has 0 spiro atoms. The van der Waals surface area contributed by atoms with Gasteiger partial charge in [0, 0.05) is 37.4 Å². The summed E-state index contributed by atoms with van der Waals surface area (Å²) in [5.41, 5.74) is 14.2. The number of hydrogen-bond donors (Lipinski definition) is 0. The van der Waals surface area contributed by atoms with Crippen LogP contribution in [0.25, 0.3) is 99.1 Å². The predicted octanol–water partition coefficient (Wildman–Crippen LogP) is 14.8. The maximum Gasteiger partial charge on any atom is 0.0547 e. The van der Waals surface area contributed by atoms with E-state index < -0.39 is 0 Å². The van der Waals surface area contributed by atoms with E-state index in [0.717, 1.165) is 21.4 Å². The molecule has 0 fully saturated rings. The van der Waals surface area contributed by atoms with Crippen molar-refractivity contribution in [3.05, 3.63) is 205 Å². The number of fused-ring (bicyclic) bond motifs is 8. The van der Waals surface area contributed by atoms with Crippen LogP contribution in [0.5, 0.6) is 0 Å². The summed E-state index contributed by atoms with van der Waals surface area (Å²) in [6.07, 6.45) is 0. The predicted molar refractivity (Wildman–Crippen MR) is 237 cm³/mol. The molecule has 0 unspecified atom stereocenters. The van der Waals surface area contributed by atoms with Crippen LogP contribution in [0.2, 0.25) is 0 Å². The Kier molecular flexibility index (Phi) is 7.36. The minimum atomic E-state index is 1.07. The van der Waals surface area contributed by atoms with Gasteiger partial charge in [0.25, 0.3) is 0 Å². The van der Waals surface area contributed by atoms with Gasteiger partial charge in [0.2, 0.25) is 0 Å². The van der Waals surface area contributed by atoms with E-state index in [1.54, 1.807) is 0 Å². The molecule has 55 heavy (non-hydrogen) atoms. The lowest BCUT2D eigenvalue weighted by Crippen LogP contribution is -1.93. The van der Waals surface area contributed by atoms with E-state index in [4.69, 9.17) is 0 Å². The standard InChI is InChI=1S/C52H33BrN2/c53-47-21-11-9-18-42(47)39-30-37(29-38(31-39)36-23-26-45-44-20-10-12-22-48(44)55(51(45)33-36)41-16-5-2-6-17-41)35-25-27-49-46(32-35)52-43-19-8-7-13-34(43)24-28-50(52)54(49)40-14-3-1-4-15-40/h1-33H. The molecule has 0 atom stereocenters. The molecular formula is C52H33BrN2. The number of aromatic nitrogens is 2. The van der Waals surface area contributed by atoms with Crippen LogP contribution in [0.4, 0.5) is 0 Å². The smallest absolute Gasteiger partial charge is 0.0547 e. The third-order valence-electron chi connectivity index (χ3n) is 11.1. The van der Waals surface area contributed by atoms with E-state index in [0.29, 0.717) is 0 Å². The monoisotopic (exact) mass is 764 g/mol. The number of nitrogens with zero attached hydrogens (tertiary/aromatic N) is 2. The highest BCUT2D eigenvalue weighted by Crippen LogP contribution is 2.42. The molecule has 3 heteroatoms. The van der Waals surface area contributed by atoms with E-state index in [1.807, 2.05) is 0 Å². The van der Waals surface area contributed by atoms with Crippen molar-refractivity contribution in [1.82, 2.24) is 9.13 Å². The first-order valence-electron chi connectivity index (χ1n) is 18.7. The molecule has 0 bridgehead atoms. The SMILES string of the molecule is Brc1ccccc1-c1cc(-c2ccc3c(c2)c2c4ccccc4ccc2n3-c2ccccc2)cc(-c2ccc3c4ccccc4n(-c4ccccc4)c3c2)c1. The van der Waals surface area contributed by atoms with Crippen LogP contribution in [-0.2, 0) is 0 Å². The topological polar surface area (TPSA) is 9.86 Å². The van der Waals surface area contributed by atoms with Crippen molar-refractivity contribution in [3.63, 3.8) is 0 Å². The summed E-state index contributed by atoms with van der Waals surface area (Å²) in [5, 5.41) is 7.54. The number of para-hydroxylation sites is 3. The quantitative estimate of drug-likeness (QED) is 0.165. The second kappa shape index (κ2) is 12.7. The van der Waals surface area contributed by atoms with Gasteiger partial charge in [-0.05, 0) is 123 Å². The number of rotatable bonds is 5. The summed E-state index contributed by atoms with van der Waals surface area (Å²) in [6.45, 7) is 0. The summed E-state index contributed by atoms with van der Waals surface area (Å²) in [5.74, 6) is 0. The van der Waals surface area contributed by atoms with Crippen molar-refractivity contribution in [2.75, 3.05) is 0 Å². The van der Waals surface area contributed by atoms with Crippen LogP contribution in [-0.4, -0.2) is 9.13 Å². The van der Waals surface area contributed by atoms with E-state index in [1.165, 1.54) is 82.2 Å². The van der Waals surface area contributed by atoms with Crippen molar-refractivity contribution >= 4 is 70.3 Å². The molecule has 258 valence electrons. The normalized spacial score (nSPS) is 11.7. The Bertz CT molecular complexity index is 3260. The summed E-state index contributed by atoms with van der Waals surface area (Å²) in [6, 6.07) is 73.0. The van der Waals surface area contributed by atoms with Crippen molar-refractivity contribution in [3.8, 4) is 44.8 Å². The zero-order valence-corrected chi connectivity index (χ0v) is 31.4. The van der Waals surface area contributed by atoms with Gasteiger partial charge in [-0.1, -0.05) is 137 Å².